The number of ether oxygens (including phenoxy) is 1. The fourth-order valence-electron chi connectivity index (χ4n) is 1.29. The van der Waals surface area contributed by atoms with E-state index in [0.717, 1.165) is 19.5 Å². The number of amides is 1. The molecule has 0 N–H and O–H groups in total. The maximum Gasteiger partial charge on any atom is 0.226 e. The van der Waals surface area contributed by atoms with Gasteiger partial charge in [-0.3, -0.25) is 4.79 Å². The van der Waals surface area contributed by atoms with Crippen LogP contribution in [-0.2, 0) is 9.53 Å². The van der Waals surface area contributed by atoms with E-state index in [1.165, 1.54) is 0 Å². The van der Waals surface area contributed by atoms with E-state index >= 15 is 0 Å². The van der Waals surface area contributed by atoms with Crippen LogP contribution in [0.2, 0.25) is 0 Å². The lowest BCUT2D eigenvalue weighted by atomic mass is 10.3. The third-order valence-corrected chi connectivity index (χ3v) is 2.06. The van der Waals surface area contributed by atoms with Gasteiger partial charge >= 0.3 is 0 Å². The molecule has 0 radical (unpaired) electrons. The lowest BCUT2D eigenvalue weighted by molar-refractivity contribution is -0.134. The maximum atomic E-state index is 11.5. The van der Waals surface area contributed by atoms with Gasteiger partial charge in [0.05, 0.1) is 13.2 Å². The number of rotatable bonds is 3. The molecule has 13 heavy (non-hydrogen) atoms. The van der Waals surface area contributed by atoms with Crippen LogP contribution in [0.3, 0.4) is 0 Å². The molecule has 1 aliphatic rings. The fraction of sp³-hybridized carbons (Fsp3) is 0.700. The molecule has 0 spiro atoms. The fourth-order valence-corrected chi connectivity index (χ4v) is 1.29. The molecule has 0 bridgehead atoms. The summed E-state index contributed by atoms with van der Waals surface area (Å²) in [6.45, 7) is 4.93. The maximum absolute atomic E-state index is 11.5. The molecule has 0 aliphatic carbocycles. The molecule has 1 aliphatic heterocycles. The number of hydrogen-bond donors (Lipinski definition) is 0. The molecular formula is C10H17NO2. The predicted octanol–water partition coefficient (Wildman–Crippen LogP) is 1.20. The Hall–Kier alpha value is -0.830. The van der Waals surface area contributed by atoms with Crippen molar-refractivity contribution in [3.63, 3.8) is 0 Å². The molecule has 0 aromatic heterocycles. The van der Waals surface area contributed by atoms with Gasteiger partial charge in [0.25, 0.3) is 0 Å². The summed E-state index contributed by atoms with van der Waals surface area (Å²) < 4.78 is 5.16. The van der Waals surface area contributed by atoms with E-state index in [2.05, 4.69) is 6.92 Å². The van der Waals surface area contributed by atoms with Crippen LogP contribution in [0.25, 0.3) is 0 Å². The van der Waals surface area contributed by atoms with E-state index in [4.69, 9.17) is 4.74 Å². The van der Waals surface area contributed by atoms with E-state index < -0.39 is 0 Å². The second kappa shape index (κ2) is 5.75. The van der Waals surface area contributed by atoms with Crippen LogP contribution in [0.4, 0.5) is 0 Å². The number of hydrogen-bond acceptors (Lipinski definition) is 2. The Labute approximate surface area is 79.4 Å². The van der Waals surface area contributed by atoms with Crippen molar-refractivity contribution in [3.05, 3.63) is 12.2 Å². The van der Waals surface area contributed by atoms with Crippen LogP contribution < -0.4 is 0 Å². The van der Waals surface area contributed by atoms with Crippen molar-refractivity contribution >= 4 is 5.91 Å². The summed E-state index contributed by atoms with van der Waals surface area (Å²) in [5.41, 5.74) is 0. The van der Waals surface area contributed by atoms with Crippen LogP contribution in [0.1, 0.15) is 19.8 Å². The first-order valence-corrected chi connectivity index (χ1v) is 4.85. The molecule has 1 saturated heterocycles. The highest BCUT2D eigenvalue weighted by Gasteiger charge is 2.14. The number of allylic oxidation sites excluding steroid dienone is 1. The van der Waals surface area contributed by atoms with Crippen molar-refractivity contribution in [2.24, 2.45) is 0 Å². The van der Waals surface area contributed by atoms with Gasteiger partial charge in [-0.2, -0.15) is 0 Å². The Morgan fingerprint density at radius 2 is 2.08 bits per heavy atom. The van der Waals surface area contributed by atoms with E-state index in [0.29, 0.717) is 19.6 Å². The summed E-state index contributed by atoms with van der Waals surface area (Å²) in [6, 6.07) is 0. The monoisotopic (exact) mass is 183 g/mol. The zero-order chi connectivity index (χ0) is 9.52. The molecule has 0 aromatic rings. The molecule has 1 amide bonds. The topological polar surface area (TPSA) is 29.5 Å². The van der Waals surface area contributed by atoms with Gasteiger partial charge < -0.3 is 9.64 Å². The molecule has 0 aromatic carbocycles. The molecule has 0 unspecified atom stereocenters. The quantitative estimate of drug-likeness (QED) is 0.615. The van der Waals surface area contributed by atoms with E-state index in [9.17, 15) is 4.79 Å². The van der Waals surface area contributed by atoms with Crippen LogP contribution >= 0.6 is 0 Å². The molecule has 1 fully saturated rings. The molecular weight excluding hydrogens is 166 g/mol. The average Bonchev–Trinajstić information content (AvgIpc) is 2.19. The smallest absolute Gasteiger partial charge is 0.226 e. The summed E-state index contributed by atoms with van der Waals surface area (Å²) >= 11 is 0. The van der Waals surface area contributed by atoms with Crippen LogP contribution in [0.15, 0.2) is 12.2 Å². The Balaban J connectivity index is 2.25. The Morgan fingerprint density at radius 3 is 2.69 bits per heavy atom. The minimum absolute atomic E-state index is 0.216. The molecule has 1 heterocycles. The van der Waals surface area contributed by atoms with E-state index in [-0.39, 0.29) is 5.91 Å². The van der Waals surface area contributed by atoms with Crippen molar-refractivity contribution in [2.75, 3.05) is 26.3 Å². The van der Waals surface area contributed by atoms with E-state index in [1.54, 1.807) is 0 Å². The highest BCUT2D eigenvalue weighted by molar-refractivity contribution is 5.77. The van der Waals surface area contributed by atoms with Gasteiger partial charge in [0, 0.05) is 19.5 Å². The SMILES string of the molecule is CCC=CCC(=O)N1CCOCC1. The summed E-state index contributed by atoms with van der Waals surface area (Å²) in [7, 11) is 0. The van der Waals surface area contributed by atoms with Gasteiger partial charge in [-0.05, 0) is 6.42 Å². The van der Waals surface area contributed by atoms with Gasteiger partial charge in [0.1, 0.15) is 0 Å². The number of carbonyl (C=O) groups is 1. The number of carbonyl (C=O) groups excluding carboxylic acids is 1. The van der Waals surface area contributed by atoms with Crippen molar-refractivity contribution in [1.29, 1.82) is 0 Å². The first-order valence-electron chi connectivity index (χ1n) is 4.85. The summed E-state index contributed by atoms with van der Waals surface area (Å²) in [4.78, 5) is 13.4. The summed E-state index contributed by atoms with van der Waals surface area (Å²) in [5, 5.41) is 0. The van der Waals surface area contributed by atoms with Gasteiger partial charge in [-0.15, -0.1) is 0 Å². The van der Waals surface area contributed by atoms with Crippen molar-refractivity contribution < 1.29 is 9.53 Å². The molecule has 74 valence electrons. The summed E-state index contributed by atoms with van der Waals surface area (Å²) in [6.07, 6.45) is 5.50. The van der Waals surface area contributed by atoms with Gasteiger partial charge in [0.15, 0.2) is 0 Å². The lowest BCUT2D eigenvalue weighted by Gasteiger charge is -2.26. The van der Waals surface area contributed by atoms with Crippen LogP contribution in [-0.4, -0.2) is 37.1 Å². The molecule has 0 atom stereocenters. The summed E-state index contributed by atoms with van der Waals surface area (Å²) in [5.74, 6) is 0.216. The average molecular weight is 183 g/mol. The van der Waals surface area contributed by atoms with Crippen molar-refractivity contribution in [2.45, 2.75) is 19.8 Å². The minimum Gasteiger partial charge on any atom is -0.378 e. The second-order valence-electron chi connectivity index (χ2n) is 3.08. The van der Waals surface area contributed by atoms with Crippen LogP contribution in [0.5, 0.6) is 0 Å². The Bertz CT molecular complexity index is 183. The third-order valence-electron chi connectivity index (χ3n) is 2.06. The zero-order valence-corrected chi connectivity index (χ0v) is 8.16. The highest BCUT2D eigenvalue weighted by Crippen LogP contribution is 2.00. The number of nitrogens with zero attached hydrogens (tertiary/aromatic N) is 1. The normalized spacial score (nSPS) is 18.1. The first kappa shape index (κ1) is 10.3. The third kappa shape index (κ3) is 3.59. The molecule has 0 saturated carbocycles. The first-order chi connectivity index (χ1) is 6.34. The van der Waals surface area contributed by atoms with Gasteiger partial charge in [0.2, 0.25) is 5.91 Å². The second-order valence-corrected chi connectivity index (χ2v) is 3.08. The van der Waals surface area contributed by atoms with E-state index in [1.807, 2.05) is 17.1 Å². The molecule has 3 nitrogen and oxygen atoms in total. The van der Waals surface area contributed by atoms with Crippen molar-refractivity contribution in [1.82, 2.24) is 4.90 Å². The van der Waals surface area contributed by atoms with Gasteiger partial charge in [-0.1, -0.05) is 19.1 Å². The lowest BCUT2D eigenvalue weighted by Crippen LogP contribution is -2.40. The highest BCUT2D eigenvalue weighted by atomic mass is 16.5. The molecule has 1 rings (SSSR count). The van der Waals surface area contributed by atoms with Crippen LogP contribution in [0, 0.1) is 0 Å². The predicted molar refractivity (Wildman–Crippen MR) is 51.4 cm³/mol. The number of morpholine rings is 1. The molecule has 3 heteroatoms. The Morgan fingerprint density at radius 1 is 1.38 bits per heavy atom. The standard InChI is InChI=1S/C10H17NO2/c1-2-3-4-5-10(12)11-6-8-13-9-7-11/h3-4H,2,5-9H2,1H3. The largest absolute Gasteiger partial charge is 0.378 e. The minimum atomic E-state index is 0.216. The van der Waals surface area contributed by atoms with Gasteiger partial charge in [-0.25, -0.2) is 0 Å². The van der Waals surface area contributed by atoms with Crippen molar-refractivity contribution in [3.8, 4) is 0 Å². The Kier molecular flexibility index (Phi) is 4.54. The zero-order valence-electron chi connectivity index (χ0n) is 8.16.